The van der Waals surface area contributed by atoms with Crippen LogP contribution in [-0.4, -0.2) is 61.0 Å². The van der Waals surface area contributed by atoms with Crippen LogP contribution in [0.2, 0.25) is 0 Å². The summed E-state index contributed by atoms with van der Waals surface area (Å²) in [4.78, 5) is 35.0. The van der Waals surface area contributed by atoms with Crippen molar-refractivity contribution >= 4 is 23.0 Å². The van der Waals surface area contributed by atoms with E-state index in [1.807, 2.05) is 0 Å². The first kappa shape index (κ1) is 15.6. The van der Waals surface area contributed by atoms with Crippen molar-refractivity contribution in [2.75, 3.05) is 19.6 Å². The van der Waals surface area contributed by atoms with Gasteiger partial charge >= 0.3 is 5.97 Å². The number of hydrogen-bond acceptors (Lipinski definition) is 6. The molecule has 2 aromatic rings. The van der Waals surface area contributed by atoms with Gasteiger partial charge in [-0.15, -0.1) is 0 Å². The van der Waals surface area contributed by atoms with E-state index in [1.165, 1.54) is 22.1 Å². The molecule has 0 saturated heterocycles. The van der Waals surface area contributed by atoms with Crippen molar-refractivity contribution in [1.82, 2.24) is 24.4 Å². The number of rotatable bonds is 7. The SMILES string of the molecule is N=c1c2[nH]cnc2ncn1CC(=O)N(CCN)CCC(=O)O. The van der Waals surface area contributed by atoms with Crippen molar-refractivity contribution in [3.8, 4) is 0 Å². The van der Waals surface area contributed by atoms with Gasteiger partial charge in [-0.25, -0.2) is 9.97 Å². The first-order valence-corrected chi connectivity index (χ1v) is 6.65. The van der Waals surface area contributed by atoms with Crippen LogP contribution in [0, 0.1) is 5.41 Å². The maximum Gasteiger partial charge on any atom is 0.305 e. The number of carbonyl (C=O) groups is 2. The molecule has 2 heterocycles. The third kappa shape index (κ3) is 3.47. The Morgan fingerprint density at radius 1 is 1.41 bits per heavy atom. The molecule has 0 spiro atoms. The number of carboxylic acids is 1. The summed E-state index contributed by atoms with van der Waals surface area (Å²) in [6.07, 6.45) is 2.64. The summed E-state index contributed by atoms with van der Waals surface area (Å²) >= 11 is 0. The van der Waals surface area contributed by atoms with Gasteiger partial charge in [0.05, 0.1) is 19.1 Å². The number of imidazole rings is 1. The quantitative estimate of drug-likeness (QED) is 0.488. The molecule has 0 unspecified atom stereocenters. The fourth-order valence-electron chi connectivity index (χ4n) is 2.00. The standard InChI is InChI=1S/C12H17N7O3/c13-2-4-18(3-1-9(21)22)8(20)5-19-7-17-12-10(11(19)14)15-6-16-12/h6-7,14H,1-5,13H2,(H,15,16)(H,21,22). The summed E-state index contributed by atoms with van der Waals surface area (Å²) in [5.41, 5.74) is 6.37. The number of amides is 1. The molecular weight excluding hydrogens is 290 g/mol. The highest BCUT2D eigenvalue weighted by molar-refractivity contribution is 5.77. The first-order valence-electron chi connectivity index (χ1n) is 6.65. The predicted octanol–water partition coefficient (Wildman–Crippen LogP) is -1.50. The van der Waals surface area contributed by atoms with Crippen LogP contribution in [0.3, 0.4) is 0 Å². The number of aliphatic carboxylic acids is 1. The van der Waals surface area contributed by atoms with Gasteiger partial charge in [0.15, 0.2) is 11.1 Å². The van der Waals surface area contributed by atoms with Crippen LogP contribution in [0.4, 0.5) is 0 Å². The molecule has 22 heavy (non-hydrogen) atoms. The average Bonchev–Trinajstić information content (AvgIpc) is 2.95. The van der Waals surface area contributed by atoms with Gasteiger partial charge in [0.25, 0.3) is 0 Å². The molecule has 2 aromatic heterocycles. The van der Waals surface area contributed by atoms with Gasteiger partial charge in [0, 0.05) is 19.6 Å². The third-order valence-electron chi connectivity index (χ3n) is 3.12. The van der Waals surface area contributed by atoms with Gasteiger partial charge < -0.3 is 25.3 Å². The molecule has 0 bridgehead atoms. The molecule has 1 amide bonds. The predicted molar refractivity (Wildman–Crippen MR) is 75.6 cm³/mol. The molecule has 2 rings (SSSR count). The molecule has 0 aromatic carbocycles. The number of aromatic amines is 1. The van der Waals surface area contributed by atoms with Crippen LogP contribution >= 0.6 is 0 Å². The second-order valence-electron chi connectivity index (χ2n) is 4.64. The molecule has 5 N–H and O–H groups in total. The average molecular weight is 307 g/mol. The van der Waals surface area contributed by atoms with Gasteiger partial charge in [-0.05, 0) is 0 Å². The fourth-order valence-corrected chi connectivity index (χ4v) is 2.00. The van der Waals surface area contributed by atoms with Gasteiger partial charge in [-0.2, -0.15) is 0 Å². The number of aromatic nitrogens is 4. The van der Waals surface area contributed by atoms with Crippen LogP contribution in [0.1, 0.15) is 6.42 Å². The summed E-state index contributed by atoms with van der Waals surface area (Å²) in [5.74, 6) is -1.30. The molecule has 10 heteroatoms. The summed E-state index contributed by atoms with van der Waals surface area (Å²) in [6.45, 7) is 0.473. The molecular formula is C12H17N7O3. The van der Waals surface area contributed by atoms with E-state index in [2.05, 4.69) is 15.0 Å². The lowest BCUT2D eigenvalue weighted by Gasteiger charge is -2.21. The summed E-state index contributed by atoms with van der Waals surface area (Å²) in [6, 6.07) is 0. The Hall–Kier alpha value is -2.75. The Kier molecular flexibility index (Phi) is 4.84. The summed E-state index contributed by atoms with van der Waals surface area (Å²) in [7, 11) is 0. The lowest BCUT2D eigenvalue weighted by atomic mass is 10.3. The topological polar surface area (TPSA) is 154 Å². The largest absolute Gasteiger partial charge is 0.481 e. The van der Waals surface area contributed by atoms with Crippen molar-refractivity contribution in [2.45, 2.75) is 13.0 Å². The van der Waals surface area contributed by atoms with E-state index in [4.69, 9.17) is 16.2 Å². The smallest absolute Gasteiger partial charge is 0.305 e. The molecule has 0 aliphatic carbocycles. The highest BCUT2D eigenvalue weighted by Crippen LogP contribution is 1.99. The first-order chi connectivity index (χ1) is 10.5. The van der Waals surface area contributed by atoms with Crippen molar-refractivity contribution in [3.63, 3.8) is 0 Å². The van der Waals surface area contributed by atoms with E-state index in [0.29, 0.717) is 11.2 Å². The number of carboxylic acid groups (broad SMARTS) is 1. The highest BCUT2D eigenvalue weighted by Gasteiger charge is 2.15. The van der Waals surface area contributed by atoms with Gasteiger partial charge in [0.1, 0.15) is 12.1 Å². The molecule has 0 radical (unpaired) electrons. The lowest BCUT2D eigenvalue weighted by Crippen LogP contribution is -2.40. The minimum atomic E-state index is -0.982. The minimum absolute atomic E-state index is 0.0823. The Labute approximate surface area is 125 Å². The van der Waals surface area contributed by atoms with Crippen molar-refractivity contribution in [1.29, 1.82) is 5.41 Å². The van der Waals surface area contributed by atoms with Crippen molar-refractivity contribution < 1.29 is 14.7 Å². The zero-order valence-electron chi connectivity index (χ0n) is 11.8. The highest BCUT2D eigenvalue weighted by atomic mass is 16.4. The summed E-state index contributed by atoms with van der Waals surface area (Å²) < 4.78 is 1.37. The van der Waals surface area contributed by atoms with Gasteiger partial charge in [-0.1, -0.05) is 0 Å². The fraction of sp³-hybridized carbons (Fsp3) is 0.417. The second kappa shape index (κ2) is 6.80. The summed E-state index contributed by atoms with van der Waals surface area (Å²) in [5, 5.41) is 16.7. The molecule has 118 valence electrons. The van der Waals surface area contributed by atoms with E-state index < -0.39 is 5.97 Å². The monoisotopic (exact) mass is 307 g/mol. The van der Waals surface area contributed by atoms with Gasteiger partial charge in [-0.3, -0.25) is 15.0 Å². The Bertz CT molecular complexity index is 736. The molecule has 0 aliphatic heterocycles. The number of nitrogens with one attached hydrogen (secondary N) is 2. The Morgan fingerprint density at radius 2 is 2.18 bits per heavy atom. The van der Waals surface area contributed by atoms with Crippen molar-refractivity contribution in [2.24, 2.45) is 5.73 Å². The maximum absolute atomic E-state index is 12.3. The number of nitrogens with two attached hydrogens (primary N) is 1. The van der Waals surface area contributed by atoms with E-state index >= 15 is 0 Å². The maximum atomic E-state index is 12.3. The number of H-pyrrole nitrogens is 1. The van der Waals surface area contributed by atoms with Crippen LogP contribution in [0.25, 0.3) is 11.2 Å². The van der Waals surface area contributed by atoms with E-state index in [1.54, 1.807) is 0 Å². The minimum Gasteiger partial charge on any atom is -0.481 e. The molecule has 0 saturated carbocycles. The molecule has 0 fully saturated rings. The number of hydrogen-bond donors (Lipinski definition) is 4. The molecule has 0 atom stereocenters. The van der Waals surface area contributed by atoms with Crippen LogP contribution in [0.15, 0.2) is 12.7 Å². The Balaban J connectivity index is 2.14. The normalized spacial score (nSPS) is 10.8. The zero-order chi connectivity index (χ0) is 16.1. The third-order valence-corrected chi connectivity index (χ3v) is 3.12. The van der Waals surface area contributed by atoms with E-state index in [9.17, 15) is 9.59 Å². The van der Waals surface area contributed by atoms with Crippen LogP contribution in [0.5, 0.6) is 0 Å². The Morgan fingerprint density at radius 3 is 2.86 bits per heavy atom. The molecule has 10 nitrogen and oxygen atoms in total. The van der Waals surface area contributed by atoms with E-state index in [0.717, 1.165) is 0 Å². The van der Waals surface area contributed by atoms with Gasteiger partial charge in [0.2, 0.25) is 5.91 Å². The van der Waals surface area contributed by atoms with Crippen molar-refractivity contribution in [3.05, 3.63) is 18.1 Å². The number of nitrogens with zero attached hydrogens (tertiary/aromatic N) is 4. The number of carbonyl (C=O) groups excluding carboxylic acids is 1. The second-order valence-corrected chi connectivity index (χ2v) is 4.64. The zero-order valence-corrected chi connectivity index (χ0v) is 11.8. The van der Waals surface area contributed by atoms with E-state index in [-0.39, 0.29) is 44.0 Å². The number of fused-ring (bicyclic) bond motifs is 1. The molecule has 0 aliphatic rings. The lowest BCUT2D eigenvalue weighted by molar-refractivity contribution is -0.138. The van der Waals surface area contributed by atoms with Crippen LogP contribution < -0.4 is 11.2 Å². The van der Waals surface area contributed by atoms with Crippen LogP contribution in [-0.2, 0) is 16.1 Å².